The molecule has 3 N–H and O–H groups in total. The third-order valence-electron chi connectivity index (χ3n) is 2.95. The Kier molecular flexibility index (Phi) is 3.88. The SMILES string of the molecule is CC(C)(C)C(=Cc1cnc(N)c2c(Br)csc12)C(=O)O. The fourth-order valence-electron chi connectivity index (χ4n) is 1.91. The first-order chi connectivity index (χ1) is 9.21. The van der Waals surface area contributed by atoms with Crippen molar-refractivity contribution in [1.82, 2.24) is 4.98 Å². The Balaban J connectivity index is 2.70. The summed E-state index contributed by atoms with van der Waals surface area (Å²) in [5.41, 5.74) is 6.54. The fraction of sp³-hybridized carbons (Fsp3) is 0.286. The van der Waals surface area contributed by atoms with Gasteiger partial charge in [-0.1, -0.05) is 20.8 Å². The molecule has 0 aliphatic heterocycles. The van der Waals surface area contributed by atoms with Crippen LogP contribution in [0.4, 0.5) is 5.82 Å². The number of aliphatic carboxylic acids is 1. The molecule has 6 heteroatoms. The quantitative estimate of drug-likeness (QED) is 0.794. The van der Waals surface area contributed by atoms with Crippen molar-refractivity contribution in [3.8, 4) is 0 Å². The zero-order valence-corrected chi connectivity index (χ0v) is 13.8. The summed E-state index contributed by atoms with van der Waals surface area (Å²) in [4.78, 5) is 15.6. The Bertz CT molecular complexity index is 714. The molecule has 0 spiro atoms. The molecule has 0 aromatic carbocycles. The number of halogens is 1. The molecule has 0 aliphatic rings. The van der Waals surface area contributed by atoms with Crippen LogP contribution in [0.1, 0.15) is 26.3 Å². The van der Waals surface area contributed by atoms with Crippen molar-refractivity contribution in [2.45, 2.75) is 20.8 Å². The minimum Gasteiger partial charge on any atom is -0.478 e. The second-order valence-corrected chi connectivity index (χ2v) is 7.23. The van der Waals surface area contributed by atoms with Crippen molar-refractivity contribution in [3.05, 3.63) is 27.2 Å². The predicted molar refractivity (Wildman–Crippen MR) is 86.8 cm³/mol. The molecule has 0 amide bonds. The number of nitrogen functional groups attached to an aromatic ring is 1. The third kappa shape index (κ3) is 2.71. The molecular formula is C14H15BrN2O2S. The van der Waals surface area contributed by atoms with Crippen LogP contribution in [0.15, 0.2) is 21.6 Å². The number of aromatic nitrogens is 1. The lowest BCUT2D eigenvalue weighted by molar-refractivity contribution is -0.133. The highest BCUT2D eigenvalue weighted by Gasteiger charge is 2.24. The molecule has 4 nitrogen and oxygen atoms in total. The number of hydrogen-bond acceptors (Lipinski definition) is 4. The summed E-state index contributed by atoms with van der Waals surface area (Å²) < 4.78 is 1.82. The van der Waals surface area contributed by atoms with E-state index in [2.05, 4.69) is 20.9 Å². The number of rotatable bonds is 2. The predicted octanol–water partition coefficient (Wildman–Crippen LogP) is 4.16. The molecule has 2 aromatic heterocycles. The highest BCUT2D eigenvalue weighted by atomic mass is 79.9. The average Bonchev–Trinajstić information content (AvgIpc) is 2.69. The Morgan fingerprint density at radius 1 is 1.50 bits per heavy atom. The largest absolute Gasteiger partial charge is 0.478 e. The van der Waals surface area contributed by atoms with Crippen molar-refractivity contribution in [1.29, 1.82) is 0 Å². The smallest absolute Gasteiger partial charge is 0.332 e. The van der Waals surface area contributed by atoms with Crippen LogP contribution < -0.4 is 5.73 Å². The van der Waals surface area contributed by atoms with E-state index in [1.54, 1.807) is 12.3 Å². The summed E-state index contributed by atoms with van der Waals surface area (Å²) in [6.07, 6.45) is 3.30. The first-order valence-electron chi connectivity index (χ1n) is 5.98. The van der Waals surface area contributed by atoms with E-state index in [0.717, 1.165) is 20.1 Å². The number of carboxylic acid groups (broad SMARTS) is 1. The number of carbonyl (C=O) groups is 1. The van der Waals surface area contributed by atoms with Crippen molar-refractivity contribution in [2.75, 3.05) is 5.73 Å². The molecule has 20 heavy (non-hydrogen) atoms. The first-order valence-corrected chi connectivity index (χ1v) is 7.65. The van der Waals surface area contributed by atoms with Crippen LogP contribution in [-0.4, -0.2) is 16.1 Å². The van der Waals surface area contributed by atoms with Crippen LogP contribution in [0.25, 0.3) is 16.2 Å². The summed E-state index contributed by atoms with van der Waals surface area (Å²) in [7, 11) is 0. The molecule has 106 valence electrons. The topological polar surface area (TPSA) is 76.2 Å². The standard InChI is InChI=1S/C14H15BrN2O2S/c1-14(2,3)8(13(18)19)4-7-5-17-12(16)10-9(15)6-20-11(7)10/h4-6H,1-3H3,(H2,16,17)(H,18,19). The van der Waals surface area contributed by atoms with Gasteiger partial charge in [0, 0.05) is 37.3 Å². The number of pyridine rings is 1. The highest BCUT2D eigenvalue weighted by molar-refractivity contribution is 9.10. The second-order valence-electron chi connectivity index (χ2n) is 5.50. The molecule has 0 saturated carbocycles. The van der Waals surface area contributed by atoms with Crippen LogP contribution in [-0.2, 0) is 4.79 Å². The second kappa shape index (κ2) is 5.18. The van der Waals surface area contributed by atoms with Gasteiger partial charge in [0.15, 0.2) is 0 Å². The van der Waals surface area contributed by atoms with E-state index in [1.165, 1.54) is 11.3 Å². The van der Waals surface area contributed by atoms with Gasteiger partial charge in [0.2, 0.25) is 0 Å². The normalized spacial score (nSPS) is 12.9. The first kappa shape index (κ1) is 15.0. The van der Waals surface area contributed by atoms with Crippen molar-refractivity contribution in [3.63, 3.8) is 0 Å². The van der Waals surface area contributed by atoms with E-state index < -0.39 is 11.4 Å². The van der Waals surface area contributed by atoms with Crippen LogP contribution in [0.3, 0.4) is 0 Å². The lowest BCUT2D eigenvalue weighted by atomic mass is 9.85. The van der Waals surface area contributed by atoms with Gasteiger partial charge >= 0.3 is 5.97 Å². The number of nitrogens with zero attached hydrogens (tertiary/aromatic N) is 1. The van der Waals surface area contributed by atoms with Crippen LogP contribution in [0.2, 0.25) is 0 Å². The minimum atomic E-state index is -0.918. The van der Waals surface area contributed by atoms with Crippen LogP contribution in [0, 0.1) is 5.41 Å². The summed E-state index contributed by atoms with van der Waals surface area (Å²) >= 11 is 4.95. The number of nitrogens with two attached hydrogens (primary N) is 1. The van der Waals surface area contributed by atoms with Gasteiger partial charge < -0.3 is 10.8 Å². The lowest BCUT2D eigenvalue weighted by Gasteiger charge is -2.19. The number of carboxylic acids is 1. The summed E-state index contributed by atoms with van der Waals surface area (Å²) in [6, 6.07) is 0. The molecule has 2 heterocycles. The molecule has 0 atom stereocenters. The van der Waals surface area contributed by atoms with Crippen molar-refractivity contribution in [2.24, 2.45) is 5.41 Å². The molecule has 0 bridgehead atoms. The molecule has 2 aromatic rings. The van der Waals surface area contributed by atoms with Gasteiger partial charge in [-0.2, -0.15) is 0 Å². The van der Waals surface area contributed by atoms with Crippen molar-refractivity contribution >= 4 is 55.2 Å². The molecule has 2 rings (SSSR count). The fourth-order valence-corrected chi connectivity index (χ4v) is 3.64. The number of hydrogen-bond donors (Lipinski definition) is 2. The Morgan fingerprint density at radius 3 is 2.70 bits per heavy atom. The molecule has 0 saturated heterocycles. The van der Waals surface area contributed by atoms with Gasteiger partial charge in [0.05, 0.1) is 0 Å². The Labute approximate surface area is 129 Å². The van der Waals surface area contributed by atoms with E-state index in [-0.39, 0.29) is 0 Å². The highest BCUT2D eigenvalue weighted by Crippen LogP contribution is 2.37. The van der Waals surface area contributed by atoms with Crippen LogP contribution >= 0.6 is 27.3 Å². The average molecular weight is 355 g/mol. The van der Waals surface area contributed by atoms with Gasteiger partial charge in [0.1, 0.15) is 5.82 Å². The van der Waals surface area contributed by atoms with E-state index in [4.69, 9.17) is 5.73 Å². The Hall–Kier alpha value is -1.40. The summed E-state index contributed by atoms with van der Waals surface area (Å²) in [5, 5.41) is 12.1. The minimum absolute atomic E-state index is 0.342. The number of anilines is 1. The maximum Gasteiger partial charge on any atom is 0.332 e. The molecule has 0 aliphatic carbocycles. The number of thiophene rings is 1. The molecule has 0 unspecified atom stereocenters. The lowest BCUT2D eigenvalue weighted by Crippen LogP contribution is -2.17. The number of fused-ring (bicyclic) bond motifs is 1. The Morgan fingerprint density at radius 2 is 2.15 bits per heavy atom. The van der Waals surface area contributed by atoms with E-state index >= 15 is 0 Å². The molecule has 0 radical (unpaired) electrons. The molecule has 0 fully saturated rings. The van der Waals surface area contributed by atoms with Gasteiger partial charge in [-0.15, -0.1) is 11.3 Å². The van der Waals surface area contributed by atoms with E-state index in [0.29, 0.717) is 11.4 Å². The van der Waals surface area contributed by atoms with Crippen LogP contribution in [0.5, 0.6) is 0 Å². The summed E-state index contributed by atoms with van der Waals surface area (Å²) in [6.45, 7) is 5.62. The maximum absolute atomic E-state index is 11.4. The molecular weight excluding hydrogens is 340 g/mol. The van der Waals surface area contributed by atoms with Gasteiger partial charge in [0.25, 0.3) is 0 Å². The van der Waals surface area contributed by atoms with Gasteiger partial charge in [-0.25, -0.2) is 9.78 Å². The summed E-state index contributed by atoms with van der Waals surface area (Å²) in [5.74, 6) is -0.476. The van der Waals surface area contributed by atoms with E-state index in [9.17, 15) is 9.90 Å². The van der Waals surface area contributed by atoms with E-state index in [1.807, 2.05) is 26.2 Å². The zero-order valence-electron chi connectivity index (χ0n) is 11.4. The monoisotopic (exact) mass is 354 g/mol. The zero-order chi connectivity index (χ0) is 15.1. The third-order valence-corrected chi connectivity index (χ3v) is 4.90. The maximum atomic E-state index is 11.4. The van der Waals surface area contributed by atoms with Gasteiger partial charge in [-0.3, -0.25) is 0 Å². The van der Waals surface area contributed by atoms with Crippen molar-refractivity contribution < 1.29 is 9.90 Å². The van der Waals surface area contributed by atoms with Gasteiger partial charge in [-0.05, 0) is 27.4 Å².